The van der Waals surface area contributed by atoms with Gasteiger partial charge in [-0.2, -0.15) is 24.7 Å². The summed E-state index contributed by atoms with van der Waals surface area (Å²) in [6.07, 6.45) is 3.16. The smallest absolute Gasteiger partial charge is 0.258 e. The topological polar surface area (TPSA) is 81.9 Å². The second-order valence-electron chi connectivity index (χ2n) is 4.71. The van der Waals surface area contributed by atoms with Gasteiger partial charge in [-0.05, 0) is 25.4 Å². The van der Waals surface area contributed by atoms with Gasteiger partial charge >= 0.3 is 0 Å². The van der Waals surface area contributed by atoms with Crippen LogP contribution >= 0.6 is 11.6 Å². The molecule has 0 N–H and O–H groups in total. The molecule has 0 radical (unpaired) electrons. The third kappa shape index (κ3) is 2.70. The maximum absolute atomic E-state index is 5.98. The van der Waals surface area contributed by atoms with Gasteiger partial charge < -0.3 is 9.64 Å². The van der Waals surface area contributed by atoms with Crippen LogP contribution in [0, 0.1) is 0 Å². The summed E-state index contributed by atoms with van der Waals surface area (Å²) < 4.78 is 7.15. The van der Waals surface area contributed by atoms with Crippen molar-refractivity contribution in [1.29, 1.82) is 0 Å². The van der Waals surface area contributed by atoms with E-state index in [1.54, 1.807) is 0 Å². The van der Waals surface area contributed by atoms with Crippen molar-refractivity contribution in [3.05, 3.63) is 17.9 Å². The molecule has 0 saturated carbocycles. The minimum absolute atomic E-state index is 0.115. The quantitative estimate of drug-likeness (QED) is 0.807. The van der Waals surface area contributed by atoms with E-state index in [2.05, 4.69) is 25.0 Å². The molecule has 0 aliphatic carbocycles. The standard InChI is InChI=1S/C11H14ClN7O/c1-7-3-18(4-8(2)20-7)10-15-9(12)16-11(17-10)19-6-13-5-14-19/h5-8H,3-4H2,1-2H3. The zero-order valence-electron chi connectivity index (χ0n) is 11.1. The third-order valence-corrected chi connectivity index (χ3v) is 3.08. The number of nitrogens with zero attached hydrogens (tertiary/aromatic N) is 7. The second kappa shape index (κ2) is 5.29. The largest absolute Gasteiger partial charge is 0.372 e. The van der Waals surface area contributed by atoms with Crippen molar-refractivity contribution < 1.29 is 4.74 Å². The number of ether oxygens (including phenoxy) is 1. The molecule has 1 aliphatic heterocycles. The number of halogens is 1. The van der Waals surface area contributed by atoms with Crippen molar-refractivity contribution >= 4 is 17.5 Å². The van der Waals surface area contributed by atoms with Crippen LogP contribution in [-0.2, 0) is 4.74 Å². The molecule has 20 heavy (non-hydrogen) atoms. The Labute approximate surface area is 120 Å². The lowest BCUT2D eigenvalue weighted by atomic mass is 10.2. The maximum Gasteiger partial charge on any atom is 0.258 e. The van der Waals surface area contributed by atoms with E-state index in [-0.39, 0.29) is 17.5 Å². The highest BCUT2D eigenvalue weighted by atomic mass is 35.5. The molecule has 1 fully saturated rings. The molecule has 2 unspecified atom stereocenters. The van der Waals surface area contributed by atoms with Gasteiger partial charge in [0.15, 0.2) is 0 Å². The van der Waals surface area contributed by atoms with E-state index >= 15 is 0 Å². The summed E-state index contributed by atoms with van der Waals surface area (Å²) in [6.45, 7) is 5.45. The van der Waals surface area contributed by atoms with Crippen molar-refractivity contribution in [2.24, 2.45) is 0 Å². The molecule has 106 valence electrons. The number of morpholine rings is 1. The number of anilines is 1. The molecular formula is C11H14ClN7O. The van der Waals surface area contributed by atoms with Crippen LogP contribution in [0.15, 0.2) is 12.7 Å². The zero-order valence-corrected chi connectivity index (χ0v) is 11.9. The monoisotopic (exact) mass is 295 g/mol. The van der Waals surface area contributed by atoms with Gasteiger partial charge in [0, 0.05) is 13.1 Å². The first-order valence-electron chi connectivity index (χ1n) is 6.29. The summed E-state index contributed by atoms with van der Waals surface area (Å²) in [5.41, 5.74) is 0. The predicted molar refractivity (Wildman–Crippen MR) is 72.0 cm³/mol. The normalized spacial score (nSPS) is 23.1. The number of hydrogen-bond acceptors (Lipinski definition) is 7. The first-order valence-corrected chi connectivity index (χ1v) is 6.66. The fraction of sp³-hybridized carbons (Fsp3) is 0.545. The Hall–Kier alpha value is -1.80. The highest BCUT2D eigenvalue weighted by molar-refractivity contribution is 6.28. The molecule has 3 rings (SSSR count). The van der Waals surface area contributed by atoms with E-state index in [9.17, 15) is 0 Å². The molecule has 1 saturated heterocycles. The maximum atomic E-state index is 5.98. The molecule has 0 bridgehead atoms. The minimum Gasteiger partial charge on any atom is -0.372 e. The van der Waals surface area contributed by atoms with E-state index in [0.717, 1.165) is 0 Å². The molecular weight excluding hydrogens is 282 g/mol. The van der Waals surface area contributed by atoms with Crippen molar-refractivity contribution in [2.45, 2.75) is 26.1 Å². The molecule has 0 spiro atoms. The number of aromatic nitrogens is 6. The Morgan fingerprint density at radius 2 is 1.85 bits per heavy atom. The minimum atomic E-state index is 0.115. The Balaban J connectivity index is 1.93. The van der Waals surface area contributed by atoms with Crippen LogP contribution in [0.5, 0.6) is 0 Å². The molecule has 0 amide bonds. The Morgan fingerprint density at radius 1 is 1.15 bits per heavy atom. The molecule has 2 aromatic rings. The van der Waals surface area contributed by atoms with Crippen LogP contribution in [0.4, 0.5) is 5.95 Å². The van der Waals surface area contributed by atoms with Crippen molar-refractivity contribution in [3.63, 3.8) is 0 Å². The third-order valence-electron chi connectivity index (χ3n) is 2.91. The van der Waals surface area contributed by atoms with Gasteiger partial charge in [0.25, 0.3) is 5.95 Å². The first kappa shape index (κ1) is 13.2. The van der Waals surface area contributed by atoms with Crippen LogP contribution in [0.2, 0.25) is 5.28 Å². The summed E-state index contributed by atoms with van der Waals surface area (Å²) in [5.74, 6) is 0.877. The van der Waals surface area contributed by atoms with Gasteiger partial charge in [0.1, 0.15) is 12.7 Å². The van der Waals surface area contributed by atoms with Gasteiger partial charge in [-0.25, -0.2) is 4.98 Å². The fourth-order valence-electron chi connectivity index (χ4n) is 2.23. The van der Waals surface area contributed by atoms with Gasteiger partial charge in [-0.3, -0.25) is 0 Å². The van der Waals surface area contributed by atoms with Gasteiger partial charge in [-0.15, -0.1) is 0 Å². The van der Waals surface area contributed by atoms with Crippen molar-refractivity contribution in [1.82, 2.24) is 29.7 Å². The predicted octanol–water partition coefficient (Wildman–Crippen LogP) is 0.719. The Bertz CT molecular complexity index is 580. The average Bonchev–Trinajstić information content (AvgIpc) is 2.90. The van der Waals surface area contributed by atoms with E-state index in [4.69, 9.17) is 16.3 Å². The van der Waals surface area contributed by atoms with Crippen LogP contribution in [0.3, 0.4) is 0 Å². The summed E-state index contributed by atoms with van der Waals surface area (Å²) in [7, 11) is 0. The highest BCUT2D eigenvalue weighted by Crippen LogP contribution is 2.18. The SMILES string of the molecule is CC1CN(c2nc(Cl)nc(-n3cncn3)n2)CC(C)O1. The molecule has 0 aromatic carbocycles. The number of rotatable bonds is 2. The summed E-state index contributed by atoms with van der Waals surface area (Å²) >= 11 is 5.98. The van der Waals surface area contributed by atoms with Gasteiger partial charge in [-0.1, -0.05) is 0 Å². The van der Waals surface area contributed by atoms with E-state index < -0.39 is 0 Å². The average molecular weight is 296 g/mol. The van der Waals surface area contributed by atoms with Gasteiger partial charge in [0.2, 0.25) is 11.2 Å². The molecule has 2 atom stereocenters. The number of hydrogen-bond donors (Lipinski definition) is 0. The van der Waals surface area contributed by atoms with Crippen LogP contribution in [-0.4, -0.2) is 55.0 Å². The van der Waals surface area contributed by atoms with Crippen LogP contribution < -0.4 is 4.90 Å². The lowest BCUT2D eigenvalue weighted by Gasteiger charge is -2.35. The molecule has 3 heterocycles. The summed E-state index contributed by atoms with van der Waals surface area (Å²) in [4.78, 5) is 18.5. The van der Waals surface area contributed by atoms with Crippen LogP contribution in [0.1, 0.15) is 13.8 Å². The summed E-state index contributed by atoms with van der Waals surface area (Å²) in [5, 5.41) is 4.13. The van der Waals surface area contributed by atoms with Crippen LogP contribution in [0.25, 0.3) is 5.95 Å². The second-order valence-corrected chi connectivity index (χ2v) is 5.04. The zero-order chi connectivity index (χ0) is 14.1. The van der Waals surface area contributed by atoms with Gasteiger partial charge in [0.05, 0.1) is 12.2 Å². The lowest BCUT2D eigenvalue weighted by molar-refractivity contribution is -0.00573. The van der Waals surface area contributed by atoms with E-state index in [1.807, 2.05) is 18.7 Å². The molecule has 2 aromatic heterocycles. The lowest BCUT2D eigenvalue weighted by Crippen LogP contribution is -2.46. The summed E-state index contributed by atoms with van der Waals surface area (Å²) in [6, 6.07) is 0. The molecule has 9 heteroatoms. The fourth-order valence-corrected chi connectivity index (χ4v) is 2.38. The van der Waals surface area contributed by atoms with E-state index in [1.165, 1.54) is 17.3 Å². The molecule has 8 nitrogen and oxygen atoms in total. The van der Waals surface area contributed by atoms with Crippen molar-refractivity contribution in [2.75, 3.05) is 18.0 Å². The molecule has 1 aliphatic rings. The Morgan fingerprint density at radius 3 is 2.50 bits per heavy atom. The van der Waals surface area contributed by atoms with Crippen molar-refractivity contribution in [3.8, 4) is 5.95 Å². The first-order chi connectivity index (χ1) is 9.61. The highest BCUT2D eigenvalue weighted by Gasteiger charge is 2.25. The Kier molecular flexibility index (Phi) is 3.49. The van der Waals surface area contributed by atoms with E-state index in [0.29, 0.717) is 25.0 Å².